The molecule has 9 atom stereocenters. The van der Waals surface area contributed by atoms with Gasteiger partial charge in [0, 0.05) is 23.4 Å². The highest BCUT2D eigenvalue weighted by Gasteiger charge is 2.81. The van der Waals surface area contributed by atoms with E-state index < -0.39 is 69.7 Å². The van der Waals surface area contributed by atoms with Gasteiger partial charge in [-0.2, -0.15) is 0 Å². The number of ketones is 1. The van der Waals surface area contributed by atoms with Gasteiger partial charge in [0.1, 0.15) is 23.9 Å². The number of halogens is 1. The molecule has 38 heavy (non-hydrogen) atoms. The van der Waals surface area contributed by atoms with Crippen molar-refractivity contribution in [3.05, 3.63) is 43.0 Å². The average molecular weight is 552 g/mol. The zero-order valence-electron chi connectivity index (χ0n) is 23.1. The fraction of sp³-hybridized carbons (Fsp3) is 0.655. The van der Waals surface area contributed by atoms with Crippen molar-refractivity contribution in [2.75, 3.05) is 5.32 Å². The Labute approximate surface area is 231 Å². The topological polar surface area (TPSA) is 125 Å². The molecule has 0 spiro atoms. The smallest absolute Gasteiger partial charge is 0.328 e. The van der Waals surface area contributed by atoms with E-state index in [1.54, 1.807) is 20.8 Å². The quantitative estimate of drug-likeness (QED) is 0.324. The summed E-state index contributed by atoms with van der Waals surface area (Å²) in [5.41, 5.74) is -6.60. The highest BCUT2D eigenvalue weighted by Crippen LogP contribution is 2.67. The number of para-hydroxylation sites is 1. The van der Waals surface area contributed by atoms with Crippen molar-refractivity contribution in [1.82, 2.24) is 0 Å². The average Bonchev–Trinajstić information content (AvgIpc) is 2.83. The maximum Gasteiger partial charge on any atom is 0.328 e. The number of ether oxygens (including phenoxy) is 2. The van der Waals surface area contributed by atoms with Crippen LogP contribution in [0.2, 0.25) is 0 Å². The molecular formula is C29H42ClNO7. The number of aliphatic hydroxyl groups excluding tert-OH is 2. The summed E-state index contributed by atoms with van der Waals surface area (Å²) in [7, 11) is 0. The predicted octanol–water partition coefficient (Wildman–Crippen LogP) is 3.42. The van der Waals surface area contributed by atoms with Crippen molar-refractivity contribution in [3.8, 4) is 0 Å². The van der Waals surface area contributed by atoms with E-state index in [1.165, 1.54) is 13.0 Å². The molecule has 9 heteroatoms. The number of hydrogen-bond donors (Lipinski definition) is 4. The third-order valence-electron chi connectivity index (χ3n) is 9.50. The minimum Gasteiger partial charge on any atom is -0.458 e. The Hall–Kier alpha value is -1.97. The van der Waals surface area contributed by atoms with Gasteiger partial charge < -0.3 is 30.1 Å². The number of carbonyl (C=O) groups excluding carboxylic acids is 2. The number of esters is 1. The number of aliphatic hydroxyl groups is 3. The van der Waals surface area contributed by atoms with Crippen LogP contribution in [-0.2, 0) is 19.1 Å². The Morgan fingerprint density at radius 3 is 2.37 bits per heavy atom. The summed E-state index contributed by atoms with van der Waals surface area (Å²) in [6.45, 7) is 14.2. The summed E-state index contributed by atoms with van der Waals surface area (Å²) in [4.78, 5) is 27.2. The molecule has 4 N–H and O–H groups in total. The second kappa shape index (κ2) is 9.89. The molecule has 0 radical (unpaired) electrons. The van der Waals surface area contributed by atoms with Crippen LogP contribution in [-0.4, -0.2) is 68.2 Å². The van der Waals surface area contributed by atoms with Gasteiger partial charge in [-0.15, -0.1) is 19.0 Å². The number of rotatable bonds is 5. The zero-order chi connectivity index (χ0) is 27.6. The lowest BCUT2D eigenvalue weighted by Crippen LogP contribution is -2.86. The normalized spacial score (nSPS) is 42.5. The Morgan fingerprint density at radius 1 is 1.18 bits per heavy atom. The van der Waals surface area contributed by atoms with Crippen molar-refractivity contribution in [1.29, 1.82) is 0 Å². The number of carbonyl (C=O) groups is 2. The van der Waals surface area contributed by atoms with Crippen LogP contribution in [0.1, 0.15) is 60.8 Å². The van der Waals surface area contributed by atoms with Gasteiger partial charge in [0.05, 0.1) is 11.7 Å². The first-order chi connectivity index (χ1) is 17.1. The Kier molecular flexibility index (Phi) is 7.96. The van der Waals surface area contributed by atoms with Crippen molar-refractivity contribution >= 4 is 29.8 Å². The highest BCUT2D eigenvalue weighted by atomic mass is 35.5. The molecule has 0 bridgehead atoms. The molecule has 0 amide bonds. The standard InChI is InChI=1S/C29H41NO7.ClH/c1-8-26(5)16-20(32)29(35)27(6)19(31)14-15-25(3,4)22(27)21(23(33)28(29,7)37-26)36-24(34)17(2)30-18-12-10-9-11-13-18;/h8-13,17,19,21-23,30-31,33,35H,1,14-16H2,2-7H3;1H/t17?,19-,21?,22?,23?,26-,27?,28+,29-;/m0./s1. The fourth-order valence-electron chi connectivity index (χ4n) is 7.48. The lowest BCUT2D eigenvalue weighted by Gasteiger charge is -2.71. The lowest BCUT2D eigenvalue weighted by atomic mass is 9.40. The fourth-order valence-corrected chi connectivity index (χ4v) is 7.48. The number of hydrogen-bond acceptors (Lipinski definition) is 8. The molecule has 1 saturated heterocycles. The Balaban J connectivity index is 0.00000400. The molecule has 3 aliphatic rings. The molecule has 1 aromatic carbocycles. The van der Waals surface area contributed by atoms with Crippen LogP contribution in [0.5, 0.6) is 0 Å². The molecule has 1 heterocycles. The Bertz CT molecular complexity index is 1080. The van der Waals surface area contributed by atoms with Crippen molar-refractivity contribution in [2.24, 2.45) is 16.7 Å². The van der Waals surface area contributed by atoms with E-state index in [-0.39, 0.29) is 18.8 Å². The number of nitrogens with one attached hydrogen (secondary N) is 1. The van der Waals surface area contributed by atoms with Gasteiger partial charge in [-0.3, -0.25) is 4.79 Å². The molecule has 0 aromatic heterocycles. The van der Waals surface area contributed by atoms with Gasteiger partial charge >= 0.3 is 5.97 Å². The van der Waals surface area contributed by atoms with Gasteiger partial charge in [0.2, 0.25) is 0 Å². The van der Waals surface area contributed by atoms with Gasteiger partial charge in [0.25, 0.3) is 0 Å². The third kappa shape index (κ3) is 4.20. The molecule has 5 unspecified atom stereocenters. The van der Waals surface area contributed by atoms with Crippen molar-refractivity contribution < 1.29 is 34.4 Å². The van der Waals surface area contributed by atoms with Crippen LogP contribution in [0.25, 0.3) is 0 Å². The minimum atomic E-state index is -2.24. The Morgan fingerprint density at radius 2 is 1.79 bits per heavy atom. The molecule has 4 rings (SSSR count). The van der Waals surface area contributed by atoms with Crippen molar-refractivity contribution in [3.63, 3.8) is 0 Å². The molecule has 3 fully saturated rings. The maximum absolute atomic E-state index is 13.8. The maximum atomic E-state index is 13.8. The molecule has 2 aliphatic carbocycles. The van der Waals surface area contributed by atoms with E-state index >= 15 is 0 Å². The molecular weight excluding hydrogens is 510 g/mol. The molecule has 2 saturated carbocycles. The molecule has 8 nitrogen and oxygen atoms in total. The SMILES string of the molecule is C=C[C@@]1(C)CC(=O)[C@]2(O)C3(C)C(C(OC(=O)C(C)Nc4ccccc4)C(O)[C@@]2(C)O1)C(C)(C)CC[C@@H]3O.Cl. The first kappa shape index (κ1) is 30.6. The van der Waals surface area contributed by atoms with Crippen LogP contribution in [0.4, 0.5) is 5.69 Å². The number of Topliss-reactive ketones (excluding diaryl/α,β-unsaturated/α-hetero) is 1. The van der Waals surface area contributed by atoms with Crippen LogP contribution in [0.15, 0.2) is 43.0 Å². The van der Waals surface area contributed by atoms with Gasteiger partial charge in [-0.1, -0.05) is 45.0 Å². The lowest BCUT2D eigenvalue weighted by molar-refractivity contribution is -0.370. The number of fused-ring (bicyclic) bond motifs is 3. The summed E-state index contributed by atoms with van der Waals surface area (Å²) in [6.07, 6.45) is -1.60. The largest absolute Gasteiger partial charge is 0.458 e. The summed E-state index contributed by atoms with van der Waals surface area (Å²) in [5.74, 6) is -1.88. The molecule has 1 aromatic rings. The minimum absolute atomic E-state index is 0. The second-order valence-corrected chi connectivity index (χ2v) is 12.4. The first-order valence-electron chi connectivity index (χ1n) is 13.0. The van der Waals surface area contributed by atoms with Crippen LogP contribution in [0.3, 0.4) is 0 Å². The van der Waals surface area contributed by atoms with Crippen LogP contribution < -0.4 is 5.32 Å². The van der Waals surface area contributed by atoms with Gasteiger partial charge in [-0.05, 0) is 51.2 Å². The summed E-state index contributed by atoms with van der Waals surface area (Å²) < 4.78 is 12.4. The van der Waals surface area contributed by atoms with E-state index in [2.05, 4.69) is 11.9 Å². The van der Waals surface area contributed by atoms with E-state index in [9.17, 15) is 24.9 Å². The van der Waals surface area contributed by atoms with Crippen molar-refractivity contribution in [2.45, 2.75) is 102 Å². The predicted molar refractivity (Wildman–Crippen MR) is 146 cm³/mol. The van der Waals surface area contributed by atoms with E-state index in [0.717, 1.165) is 5.69 Å². The second-order valence-electron chi connectivity index (χ2n) is 12.4. The summed E-state index contributed by atoms with van der Waals surface area (Å²) >= 11 is 0. The van der Waals surface area contributed by atoms with E-state index in [4.69, 9.17) is 9.47 Å². The summed E-state index contributed by atoms with van der Waals surface area (Å²) in [6, 6.07) is 8.47. The van der Waals surface area contributed by atoms with E-state index in [1.807, 2.05) is 44.2 Å². The monoisotopic (exact) mass is 551 g/mol. The number of benzene rings is 1. The van der Waals surface area contributed by atoms with E-state index in [0.29, 0.717) is 12.8 Å². The first-order valence-corrected chi connectivity index (χ1v) is 13.0. The third-order valence-corrected chi connectivity index (χ3v) is 9.50. The summed E-state index contributed by atoms with van der Waals surface area (Å²) in [5, 5.41) is 38.8. The van der Waals surface area contributed by atoms with Crippen LogP contribution in [0, 0.1) is 16.7 Å². The molecule has 1 aliphatic heterocycles. The number of anilines is 1. The van der Waals surface area contributed by atoms with Gasteiger partial charge in [-0.25, -0.2) is 4.79 Å². The molecule has 212 valence electrons. The zero-order valence-corrected chi connectivity index (χ0v) is 23.9. The van der Waals surface area contributed by atoms with Crippen LogP contribution >= 0.6 is 12.4 Å². The highest BCUT2D eigenvalue weighted by molar-refractivity contribution is 5.92. The van der Waals surface area contributed by atoms with Gasteiger partial charge in [0.15, 0.2) is 11.4 Å².